The molecule has 10 nitrogen and oxygen atoms in total. The van der Waals surface area contributed by atoms with Gasteiger partial charge in [-0.15, -0.1) is 0 Å². The molecule has 0 saturated carbocycles. The van der Waals surface area contributed by atoms with Gasteiger partial charge < -0.3 is 19.8 Å². The SMILES string of the molecule is CCN1C(=O)C2(/C(=C(/O)c3ccc(S(=O)(=O)N(C)C)cc3)C(=O)C(=O)N2CCN(C)C)c2ccccc21. The summed E-state index contributed by atoms with van der Waals surface area (Å²) < 4.78 is 26.0. The topological polar surface area (TPSA) is 119 Å². The zero-order chi connectivity index (χ0) is 27.3. The van der Waals surface area contributed by atoms with Crippen LogP contribution in [0.3, 0.4) is 0 Å². The smallest absolute Gasteiger partial charge is 0.296 e. The first-order valence-electron chi connectivity index (χ1n) is 11.8. The number of carbonyl (C=O) groups excluding carboxylic acids is 3. The van der Waals surface area contributed by atoms with E-state index < -0.39 is 38.9 Å². The zero-order valence-electron chi connectivity index (χ0n) is 21.4. The molecule has 1 spiro atoms. The van der Waals surface area contributed by atoms with Gasteiger partial charge in [0.1, 0.15) is 5.76 Å². The summed E-state index contributed by atoms with van der Waals surface area (Å²) in [7, 11) is 2.71. The van der Waals surface area contributed by atoms with Crippen molar-refractivity contribution in [2.75, 3.05) is 52.7 Å². The second-order valence-electron chi connectivity index (χ2n) is 9.40. The van der Waals surface area contributed by atoms with Crippen LogP contribution < -0.4 is 4.90 Å². The molecule has 1 N–H and O–H groups in total. The lowest BCUT2D eigenvalue weighted by molar-refractivity contribution is -0.143. The largest absolute Gasteiger partial charge is 0.507 e. The van der Waals surface area contributed by atoms with Crippen molar-refractivity contribution < 1.29 is 27.9 Å². The number of ketones is 1. The van der Waals surface area contributed by atoms with Crippen LogP contribution in [0, 0.1) is 0 Å². The highest BCUT2D eigenvalue weighted by Crippen LogP contribution is 2.53. The van der Waals surface area contributed by atoms with Gasteiger partial charge in [0.05, 0.1) is 16.2 Å². The molecule has 11 heteroatoms. The number of anilines is 1. The minimum atomic E-state index is -3.72. The summed E-state index contributed by atoms with van der Waals surface area (Å²) in [5.41, 5.74) is -1.05. The third-order valence-electron chi connectivity index (χ3n) is 6.80. The lowest BCUT2D eigenvalue weighted by atomic mass is 9.82. The molecule has 2 heterocycles. The Morgan fingerprint density at radius 2 is 1.59 bits per heavy atom. The standard InChI is InChI=1S/C26H30N4O6S/c1-6-29-20-10-8-7-9-19(20)26(25(29)34)21(23(32)24(33)30(26)16-15-27(2)3)22(31)17-11-13-18(14-12-17)37(35,36)28(4)5/h7-14,31H,6,15-16H2,1-5H3/b22-21+. The summed E-state index contributed by atoms with van der Waals surface area (Å²) in [6.45, 7) is 2.55. The zero-order valence-corrected chi connectivity index (χ0v) is 22.2. The normalized spacial score (nSPS) is 21.1. The minimum absolute atomic E-state index is 0.00496. The Morgan fingerprint density at radius 3 is 2.16 bits per heavy atom. The Kier molecular flexibility index (Phi) is 6.74. The van der Waals surface area contributed by atoms with E-state index in [-0.39, 0.29) is 22.6 Å². The van der Waals surface area contributed by atoms with E-state index >= 15 is 0 Å². The predicted octanol–water partition coefficient (Wildman–Crippen LogP) is 1.44. The number of aliphatic hydroxyl groups excluding tert-OH is 1. The Labute approximate surface area is 216 Å². The highest BCUT2D eigenvalue weighted by molar-refractivity contribution is 7.89. The number of rotatable bonds is 7. The maximum atomic E-state index is 14.1. The number of fused-ring (bicyclic) bond motifs is 2. The number of para-hydroxylation sites is 1. The molecule has 2 aliphatic rings. The number of amides is 2. The number of likely N-dealkylation sites (tertiary alicyclic amines) is 1. The molecule has 2 aromatic carbocycles. The van der Waals surface area contributed by atoms with E-state index in [2.05, 4.69) is 0 Å². The van der Waals surface area contributed by atoms with Crippen molar-refractivity contribution in [1.82, 2.24) is 14.1 Å². The molecule has 2 aliphatic heterocycles. The fourth-order valence-electron chi connectivity index (χ4n) is 4.92. The van der Waals surface area contributed by atoms with Crippen molar-refractivity contribution in [3.05, 3.63) is 65.2 Å². The van der Waals surface area contributed by atoms with E-state index in [0.29, 0.717) is 24.3 Å². The van der Waals surface area contributed by atoms with Crippen LogP contribution in [0.1, 0.15) is 18.1 Å². The number of likely N-dealkylation sites (N-methyl/N-ethyl adjacent to an activating group) is 2. The van der Waals surface area contributed by atoms with Crippen molar-refractivity contribution in [3.63, 3.8) is 0 Å². The van der Waals surface area contributed by atoms with Crippen LogP contribution in [0.2, 0.25) is 0 Å². The van der Waals surface area contributed by atoms with Gasteiger partial charge >= 0.3 is 0 Å². The lowest BCUT2D eigenvalue weighted by Crippen LogP contribution is -2.53. The minimum Gasteiger partial charge on any atom is -0.507 e. The summed E-state index contributed by atoms with van der Waals surface area (Å²) in [6.07, 6.45) is 0. The van der Waals surface area contributed by atoms with Crippen molar-refractivity contribution >= 4 is 39.1 Å². The second kappa shape index (κ2) is 9.40. The van der Waals surface area contributed by atoms with Crippen molar-refractivity contribution in [1.29, 1.82) is 0 Å². The highest BCUT2D eigenvalue weighted by atomic mass is 32.2. The number of nitrogens with zero attached hydrogens (tertiary/aromatic N) is 4. The Morgan fingerprint density at radius 1 is 0.973 bits per heavy atom. The van der Waals surface area contributed by atoms with Gasteiger partial charge in [0, 0.05) is 44.9 Å². The number of benzene rings is 2. The number of Topliss-reactive ketones (excluding diaryl/α,β-unsaturated/α-hetero) is 1. The van der Waals surface area contributed by atoms with Crippen LogP contribution in [-0.4, -0.2) is 93.1 Å². The fraction of sp³-hybridized carbons (Fsp3) is 0.346. The molecular weight excluding hydrogens is 496 g/mol. The third-order valence-corrected chi connectivity index (χ3v) is 8.63. The molecule has 2 amide bonds. The van der Waals surface area contributed by atoms with Crippen molar-refractivity contribution in [2.24, 2.45) is 0 Å². The van der Waals surface area contributed by atoms with Gasteiger partial charge in [0.25, 0.3) is 17.6 Å². The average Bonchev–Trinajstić information content (AvgIpc) is 3.24. The Balaban J connectivity index is 1.98. The number of hydrogen-bond acceptors (Lipinski definition) is 7. The van der Waals surface area contributed by atoms with Crippen LogP contribution >= 0.6 is 0 Å². The summed E-state index contributed by atoms with van der Waals surface area (Å²) in [4.78, 5) is 45.6. The van der Waals surface area contributed by atoms with Gasteiger partial charge in [0.15, 0.2) is 5.54 Å². The second-order valence-corrected chi connectivity index (χ2v) is 11.6. The van der Waals surface area contributed by atoms with Crippen LogP contribution in [0.4, 0.5) is 5.69 Å². The maximum Gasteiger partial charge on any atom is 0.296 e. The molecule has 1 fully saturated rings. The quantitative estimate of drug-likeness (QED) is 0.330. The molecule has 0 radical (unpaired) electrons. The Hall–Kier alpha value is -3.54. The van der Waals surface area contributed by atoms with Gasteiger partial charge in [-0.05, 0) is 51.4 Å². The molecule has 1 atom stereocenters. The van der Waals surface area contributed by atoms with Crippen LogP contribution in [0.15, 0.2) is 59.0 Å². The van der Waals surface area contributed by atoms with Crippen molar-refractivity contribution in [2.45, 2.75) is 17.4 Å². The molecular formula is C26H30N4O6S. The molecule has 37 heavy (non-hydrogen) atoms. The van der Waals surface area contributed by atoms with Crippen LogP contribution in [0.5, 0.6) is 0 Å². The maximum absolute atomic E-state index is 14.1. The summed E-state index contributed by atoms with van der Waals surface area (Å²) >= 11 is 0. The molecule has 0 aromatic heterocycles. The molecule has 196 valence electrons. The summed E-state index contributed by atoms with van der Waals surface area (Å²) in [5.74, 6) is -2.89. The first-order valence-corrected chi connectivity index (χ1v) is 13.2. The van der Waals surface area contributed by atoms with Gasteiger partial charge in [0.2, 0.25) is 10.0 Å². The van der Waals surface area contributed by atoms with E-state index in [0.717, 1.165) is 4.31 Å². The first kappa shape index (κ1) is 26.5. The molecule has 0 aliphatic carbocycles. The number of carbonyl (C=O) groups is 3. The number of sulfonamides is 1. The molecule has 1 unspecified atom stereocenters. The Bertz CT molecular complexity index is 1410. The fourth-order valence-corrected chi connectivity index (χ4v) is 5.82. The number of hydrogen-bond donors (Lipinski definition) is 1. The highest BCUT2D eigenvalue weighted by Gasteiger charge is 2.66. The molecule has 4 rings (SSSR count). The molecule has 2 aromatic rings. The third kappa shape index (κ3) is 3.85. The van der Waals surface area contributed by atoms with Gasteiger partial charge in [-0.2, -0.15) is 0 Å². The van der Waals surface area contributed by atoms with Crippen molar-refractivity contribution in [3.8, 4) is 0 Å². The average molecular weight is 527 g/mol. The first-order chi connectivity index (χ1) is 17.4. The van der Waals surface area contributed by atoms with E-state index in [1.165, 1.54) is 48.2 Å². The van der Waals surface area contributed by atoms with Crippen LogP contribution in [0.25, 0.3) is 5.76 Å². The summed E-state index contributed by atoms with van der Waals surface area (Å²) in [5, 5.41) is 11.5. The van der Waals surface area contributed by atoms with E-state index in [1.54, 1.807) is 31.2 Å². The van der Waals surface area contributed by atoms with Gasteiger partial charge in [-0.25, -0.2) is 12.7 Å². The molecule has 0 bridgehead atoms. The monoisotopic (exact) mass is 526 g/mol. The lowest BCUT2D eigenvalue weighted by Gasteiger charge is -2.35. The van der Waals surface area contributed by atoms with E-state index in [4.69, 9.17) is 0 Å². The van der Waals surface area contributed by atoms with Crippen LogP contribution in [-0.2, 0) is 29.9 Å². The van der Waals surface area contributed by atoms with E-state index in [1.807, 2.05) is 19.0 Å². The van der Waals surface area contributed by atoms with Gasteiger partial charge in [-0.3, -0.25) is 14.4 Å². The van der Waals surface area contributed by atoms with E-state index in [9.17, 15) is 27.9 Å². The van der Waals surface area contributed by atoms with Gasteiger partial charge in [-0.1, -0.05) is 18.2 Å². The molecule has 1 saturated heterocycles. The summed E-state index contributed by atoms with van der Waals surface area (Å²) in [6, 6.07) is 12.3. The number of aliphatic hydroxyl groups is 1. The predicted molar refractivity (Wildman–Crippen MR) is 138 cm³/mol.